The van der Waals surface area contributed by atoms with Gasteiger partial charge in [0.15, 0.2) is 0 Å². The van der Waals surface area contributed by atoms with Crippen molar-refractivity contribution >= 4 is 27.7 Å². The second kappa shape index (κ2) is 5.54. The van der Waals surface area contributed by atoms with Crippen molar-refractivity contribution in [1.29, 1.82) is 0 Å². The Morgan fingerprint density at radius 2 is 1.68 bits per heavy atom. The smallest absolute Gasteiger partial charge is 0.0679 e. The van der Waals surface area contributed by atoms with E-state index >= 15 is 0 Å². The molecular weight excluding hydrogens is 298 g/mol. The minimum Gasteiger partial charge on any atom is -0.284 e. The second-order valence-corrected chi connectivity index (χ2v) is 5.48. The first kappa shape index (κ1) is 12.4. The lowest BCUT2D eigenvalue weighted by Gasteiger charge is -2.04. The maximum absolute atomic E-state index is 4.64. The molecule has 0 saturated heterocycles. The molecule has 3 rings (SSSR count). The van der Waals surface area contributed by atoms with Gasteiger partial charge in [-0.15, -0.1) is 0 Å². The Morgan fingerprint density at radius 1 is 0.947 bits per heavy atom. The molecule has 19 heavy (non-hydrogen) atoms. The monoisotopic (exact) mass is 311 g/mol. The Kier molecular flexibility index (Phi) is 3.60. The fourth-order valence-electron chi connectivity index (χ4n) is 2.28. The third-order valence-electron chi connectivity index (χ3n) is 3.21. The molecule has 1 nitrogen and oxygen atoms in total. The van der Waals surface area contributed by atoms with Crippen molar-refractivity contribution in [2.45, 2.75) is 6.42 Å². The Labute approximate surface area is 121 Å². The van der Waals surface area contributed by atoms with Gasteiger partial charge < -0.3 is 0 Å². The summed E-state index contributed by atoms with van der Waals surface area (Å²) in [6.07, 6.45) is 3.27. The molecule has 0 aromatic heterocycles. The van der Waals surface area contributed by atoms with Gasteiger partial charge in [-0.1, -0.05) is 58.4 Å². The van der Waals surface area contributed by atoms with E-state index in [4.69, 9.17) is 0 Å². The predicted molar refractivity (Wildman–Crippen MR) is 84.6 cm³/mol. The highest BCUT2D eigenvalue weighted by atomic mass is 79.9. The number of benzene rings is 2. The number of hydrogen-bond donors (Lipinski definition) is 0. The number of aliphatic imine (C=N–C) groups is 1. The van der Waals surface area contributed by atoms with Crippen LogP contribution in [-0.4, -0.2) is 12.3 Å². The first-order valence-electron chi connectivity index (χ1n) is 6.39. The highest BCUT2D eigenvalue weighted by Crippen LogP contribution is 2.22. The van der Waals surface area contributed by atoms with Crippen LogP contribution in [0, 0.1) is 0 Å². The van der Waals surface area contributed by atoms with E-state index in [0.717, 1.165) is 23.1 Å². The van der Waals surface area contributed by atoms with Gasteiger partial charge >= 0.3 is 0 Å². The van der Waals surface area contributed by atoms with Gasteiger partial charge in [0.25, 0.3) is 0 Å². The third kappa shape index (κ3) is 2.85. The molecule has 0 spiro atoms. The Morgan fingerprint density at radius 3 is 2.42 bits per heavy atom. The highest BCUT2D eigenvalue weighted by molar-refractivity contribution is 9.10. The van der Waals surface area contributed by atoms with Gasteiger partial charge in [-0.3, -0.25) is 4.99 Å². The van der Waals surface area contributed by atoms with Crippen molar-refractivity contribution in [3.05, 3.63) is 75.8 Å². The minimum atomic E-state index is 0.895. The van der Waals surface area contributed by atoms with E-state index in [0.29, 0.717) is 0 Å². The van der Waals surface area contributed by atoms with Crippen LogP contribution in [-0.2, 0) is 0 Å². The first-order valence-corrected chi connectivity index (χ1v) is 7.18. The number of halogens is 1. The molecule has 0 saturated carbocycles. The fourth-order valence-corrected chi connectivity index (χ4v) is 2.55. The zero-order chi connectivity index (χ0) is 13.1. The van der Waals surface area contributed by atoms with Crippen LogP contribution in [0.2, 0.25) is 0 Å². The van der Waals surface area contributed by atoms with Crippen LogP contribution in [0.4, 0.5) is 0 Å². The van der Waals surface area contributed by atoms with Crippen molar-refractivity contribution in [3.63, 3.8) is 0 Å². The van der Waals surface area contributed by atoms with Crippen molar-refractivity contribution < 1.29 is 0 Å². The number of nitrogens with zero attached hydrogens (tertiary/aromatic N) is 1. The molecule has 0 amide bonds. The van der Waals surface area contributed by atoms with Crippen LogP contribution in [0.15, 0.2) is 69.6 Å². The van der Waals surface area contributed by atoms with Gasteiger partial charge in [-0.2, -0.15) is 0 Å². The van der Waals surface area contributed by atoms with E-state index in [9.17, 15) is 0 Å². The average Bonchev–Trinajstić information content (AvgIpc) is 2.90. The molecule has 0 radical (unpaired) electrons. The lowest BCUT2D eigenvalue weighted by molar-refractivity contribution is 1.05. The summed E-state index contributed by atoms with van der Waals surface area (Å²) in [5, 5.41) is 0. The summed E-state index contributed by atoms with van der Waals surface area (Å²) in [5.74, 6) is 0. The molecule has 0 N–H and O–H groups in total. The van der Waals surface area contributed by atoms with Crippen molar-refractivity contribution in [2.75, 3.05) is 6.54 Å². The molecule has 1 aliphatic heterocycles. The molecule has 1 aliphatic rings. The van der Waals surface area contributed by atoms with Gasteiger partial charge in [0, 0.05) is 11.0 Å². The minimum absolute atomic E-state index is 0.895. The molecule has 0 atom stereocenters. The summed E-state index contributed by atoms with van der Waals surface area (Å²) < 4.78 is 1.11. The van der Waals surface area contributed by atoms with E-state index in [1.807, 2.05) is 6.07 Å². The quantitative estimate of drug-likeness (QED) is 0.760. The molecule has 0 unspecified atom stereocenters. The van der Waals surface area contributed by atoms with Crippen LogP contribution in [0.3, 0.4) is 0 Å². The lowest BCUT2D eigenvalue weighted by Crippen LogP contribution is -1.99. The van der Waals surface area contributed by atoms with Gasteiger partial charge in [-0.25, -0.2) is 0 Å². The summed E-state index contributed by atoms with van der Waals surface area (Å²) in [7, 11) is 0. The zero-order valence-electron chi connectivity index (χ0n) is 10.5. The molecule has 2 aromatic carbocycles. The number of hydrogen-bond acceptors (Lipinski definition) is 1. The molecule has 2 aromatic rings. The predicted octanol–water partition coefficient (Wildman–Crippen LogP) is 4.73. The summed E-state index contributed by atoms with van der Waals surface area (Å²) in [5.41, 5.74) is 4.91. The van der Waals surface area contributed by atoms with Crippen molar-refractivity contribution in [3.8, 4) is 0 Å². The summed E-state index contributed by atoms with van der Waals surface area (Å²) in [4.78, 5) is 4.64. The molecule has 0 fully saturated rings. The Hall–Kier alpha value is -1.67. The SMILES string of the molecule is Brc1ccc(/C=C2\CCN=C2c2ccccc2)cc1. The first-order chi connectivity index (χ1) is 9.33. The zero-order valence-corrected chi connectivity index (χ0v) is 12.1. The van der Waals surface area contributed by atoms with E-state index in [2.05, 4.69) is 75.5 Å². The molecule has 0 bridgehead atoms. The summed E-state index contributed by atoms with van der Waals surface area (Å²) in [6.45, 7) is 0.895. The molecule has 0 aliphatic carbocycles. The lowest BCUT2D eigenvalue weighted by atomic mass is 10.00. The van der Waals surface area contributed by atoms with Crippen molar-refractivity contribution in [1.82, 2.24) is 0 Å². The fraction of sp³-hybridized carbons (Fsp3) is 0.118. The van der Waals surface area contributed by atoms with E-state index in [1.54, 1.807) is 0 Å². The van der Waals surface area contributed by atoms with E-state index in [-0.39, 0.29) is 0 Å². The van der Waals surface area contributed by atoms with Gasteiger partial charge in [0.05, 0.1) is 5.71 Å². The second-order valence-electron chi connectivity index (χ2n) is 4.57. The van der Waals surface area contributed by atoms with Crippen molar-refractivity contribution in [2.24, 2.45) is 4.99 Å². The van der Waals surface area contributed by atoms with Gasteiger partial charge in [0.1, 0.15) is 0 Å². The Bertz CT molecular complexity index is 624. The standard InChI is InChI=1S/C17H14BrN/c18-16-8-6-13(7-9-16)12-15-10-11-19-17(15)14-4-2-1-3-5-14/h1-9,12H,10-11H2/b15-12+. The summed E-state index contributed by atoms with van der Waals surface area (Å²) >= 11 is 3.46. The average molecular weight is 312 g/mol. The highest BCUT2D eigenvalue weighted by Gasteiger charge is 2.14. The molecular formula is C17H14BrN. The van der Waals surface area contributed by atoms with E-state index < -0.39 is 0 Å². The third-order valence-corrected chi connectivity index (χ3v) is 3.74. The van der Waals surface area contributed by atoms with Crippen LogP contribution >= 0.6 is 15.9 Å². The largest absolute Gasteiger partial charge is 0.284 e. The molecule has 94 valence electrons. The molecule has 1 heterocycles. The number of rotatable bonds is 2. The van der Waals surface area contributed by atoms with E-state index in [1.165, 1.54) is 16.7 Å². The van der Waals surface area contributed by atoms with Crippen LogP contribution in [0.5, 0.6) is 0 Å². The summed E-state index contributed by atoms with van der Waals surface area (Å²) in [6, 6.07) is 18.8. The topological polar surface area (TPSA) is 12.4 Å². The normalized spacial score (nSPS) is 16.7. The van der Waals surface area contributed by atoms with Crippen LogP contribution in [0.25, 0.3) is 6.08 Å². The van der Waals surface area contributed by atoms with Gasteiger partial charge in [0.2, 0.25) is 0 Å². The Balaban J connectivity index is 1.93. The van der Waals surface area contributed by atoms with Gasteiger partial charge in [-0.05, 0) is 41.3 Å². The van der Waals surface area contributed by atoms with Crippen LogP contribution in [0.1, 0.15) is 17.5 Å². The maximum atomic E-state index is 4.64. The maximum Gasteiger partial charge on any atom is 0.0679 e. The van der Waals surface area contributed by atoms with Crippen LogP contribution < -0.4 is 0 Å². The molecule has 2 heteroatoms.